The summed E-state index contributed by atoms with van der Waals surface area (Å²) in [6, 6.07) is 5.45. The van der Waals surface area contributed by atoms with Crippen LogP contribution in [0.3, 0.4) is 0 Å². The second-order valence-corrected chi connectivity index (χ2v) is 3.21. The molecule has 0 aliphatic carbocycles. The average molecular weight is 200 g/mol. The maximum absolute atomic E-state index is 12.6. The van der Waals surface area contributed by atoms with Gasteiger partial charge in [0.05, 0.1) is 0 Å². The normalized spacial score (nSPS) is 13.5. The summed E-state index contributed by atoms with van der Waals surface area (Å²) in [6.07, 6.45) is 0. The van der Waals surface area contributed by atoms with Gasteiger partial charge in [0, 0.05) is 0 Å². The molecule has 0 aliphatic heterocycles. The first-order valence-corrected chi connectivity index (χ1v) is 4.26. The minimum atomic E-state index is -1.67. The monoisotopic (exact) mass is 199 g/mol. The van der Waals surface area contributed by atoms with Gasteiger partial charge in [-0.1, -0.05) is 17.7 Å². The Morgan fingerprint density at radius 3 is 3.00 bits per heavy atom. The number of hydrogen-bond donors (Lipinski definition) is 0. The van der Waals surface area contributed by atoms with Crippen molar-refractivity contribution in [1.82, 2.24) is 4.98 Å². The Morgan fingerprint density at radius 2 is 2.31 bits per heavy atom. The van der Waals surface area contributed by atoms with Crippen LogP contribution in [0.4, 0.5) is 4.39 Å². The summed E-state index contributed by atoms with van der Waals surface area (Å²) < 4.78 is 17.6. The van der Waals surface area contributed by atoms with E-state index < -0.39 is 5.63 Å². The molecule has 2 aromatic rings. The second kappa shape index (κ2) is 3.00. The van der Waals surface area contributed by atoms with Crippen molar-refractivity contribution in [3.63, 3.8) is 0 Å². The van der Waals surface area contributed by atoms with Crippen molar-refractivity contribution < 1.29 is 8.81 Å². The van der Waals surface area contributed by atoms with Gasteiger partial charge in [0.15, 0.2) is 5.58 Å². The number of aromatic nitrogens is 1. The van der Waals surface area contributed by atoms with E-state index in [1.165, 1.54) is 0 Å². The molecule has 0 fully saturated rings. The van der Waals surface area contributed by atoms with Gasteiger partial charge in [-0.25, -0.2) is 9.37 Å². The van der Waals surface area contributed by atoms with Crippen LogP contribution in [0.5, 0.6) is 0 Å². The van der Waals surface area contributed by atoms with Crippen LogP contribution < -0.4 is 0 Å². The van der Waals surface area contributed by atoms with Gasteiger partial charge in [-0.15, -0.1) is 0 Å². The Bertz CT molecular complexity index is 438. The van der Waals surface area contributed by atoms with Crippen LogP contribution in [0, 0.1) is 6.92 Å². The van der Waals surface area contributed by atoms with Crippen LogP contribution in [0.25, 0.3) is 11.1 Å². The molecular formula is C9H7ClFNO. The van der Waals surface area contributed by atoms with Gasteiger partial charge in [0.1, 0.15) is 5.52 Å². The summed E-state index contributed by atoms with van der Waals surface area (Å²) in [5.74, 6) is -0.0812. The largest absolute Gasteiger partial charge is 0.436 e. The molecular weight excluding hydrogens is 193 g/mol. The van der Waals surface area contributed by atoms with Crippen LogP contribution in [-0.2, 0) is 0 Å². The van der Waals surface area contributed by atoms with Crippen LogP contribution in [-0.4, -0.2) is 4.98 Å². The lowest BCUT2D eigenvalue weighted by atomic mass is 10.2. The van der Waals surface area contributed by atoms with Gasteiger partial charge in [0.25, 0.3) is 0 Å². The van der Waals surface area contributed by atoms with Gasteiger partial charge in [-0.05, 0) is 24.6 Å². The zero-order valence-electron chi connectivity index (χ0n) is 6.92. The van der Waals surface area contributed by atoms with Crippen LogP contribution in [0.2, 0.25) is 0 Å². The summed E-state index contributed by atoms with van der Waals surface area (Å²) in [6.45, 7) is 1.93. The fraction of sp³-hybridized carbons (Fsp3) is 0.222. The van der Waals surface area contributed by atoms with Crippen LogP contribution in [0.1, 0.15) is 17.1 Å². The Labute approximate surface area is 79.3 Å². The average Bonchev–Trinajstić information content (AvgIpc) is 2.46. The maximum atomic E-state index is 12.6. The zero-order valence-corrected chi connectivity index (χ0v) is 7.68. The number of rotatable bonds is 1. The van der Waals surface area contributed by atoms with Gasteiger partial charge in [0.2, 0.25) is 11.5 Å². The van der Waals surface area contributed by atoms with Crippen molar-refractivity contribution in [2.24, 2.45) is 0 Å². The van der Waals surface area contributed by atoms with Gasteiger partial charge < -0.3 is 4.42 Å². The highest BCUT2D eigenvalue weighted by atomic mass is 35.5. The number of halogens is 2. The molecule has 2 rings (SSSR count). The first-order valence-electron chi connectivity index (χ1n) is 3.82. The molecule has 4 heteroatoms. The minimum absolute atomic E-state index is 0.0812. The topological polar surface area (TPSA) is 26.0 Å². The summed E-state index contributed by atoms with van der Waals surface area (Å²) in [5, 5.41) is 0. The third kappa shape index (κ3) is 1.52. The van der Waals surface area contributed by atoms with E-state index in [-0.39, 0.29) is 5.89 Å². The summed E-state index contributed by atoms with van der Waals surface area (Å²) in [7, 11) is 0. The minimum Gasteiger partial charge on any atom is -0.436 e. The third-order valence-corrected chi connectivity index (χ3v) is 1.93. The SMILES string of the molecule is Cc1ccc2oc(C(F)Cl)nc2c1. The van der Waals surface area contributed by atoms with Crippen molar-refractivity contribution >= 4 is 22.7 Å². The number of nitrogens with zero attached hydrogens (tertiary/aromatic N) is 1. The molecule has 2 nitrogen and oxygen atoms in total. The van der Waals surface area contributed by atoms with Crippen molar-refractivity contribution in [3.8, 4) is 0 Å². The lowest BCUT2D eigenvalue weighted by Gasteiger charge is -1.88. The van der Waals surface area contributed by atoms with E-state index in [1.807, 2.05) is 19.1 Å². The Morgan fingerprint density at radius 1 is 1.54 bits per heavy atom. The molecule has 0 saturated carbocycles. The molecule has 0 spiro atoms. The Balaban J connectivity index is 2.62. The lowest BCUT2D eigenvalue weighted by Crippen LogP contribution is -1.79. The molecule has 1 atom stereocenters. The van der Waals surface area contributed by atoms with Crippen molar-refractivity contribution in [1.29, 1.82) is 0 Å². The molecule has 0 aliphatic rings. The molecule has 0 N–H and O–H groups in total. The van der Waals surface area contributed by atoms with Crippen LogP contribution in [0.15, 0.2) is 22.6 Å². The highest BCUT2D eigenvalue weighted by Crippen LogP contribution is 2.25. The molecule has 0 bridgehead atoms. The molecule has 0 radical (unpaired) electrons. The van der Waals surface area contributed by atoms with Crippen molar-refractivity contribution in [2.45, 2.75) is 12.6 Å². The molecule has 13 heavy (non-hydrogen) atoms. The van der Waals surface area contributed by atoms with E-state index >= 15 is 0 Å². The van der Waals surface area contributed by atoms with Gasteiger partial charge >= 0.3 is 0 Å². The molecule has 0 saturated heterocycles. The Kier molecular flexibility index (Phi) is 1.96. The summed E-state index contributed by atoms with van der Waals surface area (Å²) >= 11 is 5.19. The maximum Gasteiger partial charge on any atom is 0.249 e. The summed E-state index contributed by atoms with van der Waals surface area (Å²) in [4.78, 5) is 3.90. The first-order chi connectivity index (χ1) is 6.16. The molecule has 68 valence electrons. The van der Waals surface area contributed by atoms with Crippen LogP contribution >= 0.6 is 11.6 Å². The van der Waals surface area contributed by atoms with Crippen molar-refractivity contribution in [2.75, 3.05) is 0 Å². The fourth-order valence-corrected chi connectivity index (χ4v) is 1.24. The highest BCUT2D eigenvalue weighted by Gasteiger charge is 2.13. The predicted molar refractivity (Wildman–Crippen MR) is 48.4 cm³/mol. The fourth-order valence-electron chi connectivity index (χ4n) is 1.15. The summed E-state index contributed by atoms with van der Waals surface area (Å²) in [5.41, 5.74) is 0.576. The van der Waals surface area contributed by atoms with E-state index in [9.17, 15) is 4.39 Å². The van der Waals surface area contributed by atoms with E-state index in [1.54, 1.807) is 6.07 Å². The van der Waals surface area contributed by atoms with Gasteiger partial charge in [-0.3, -0.25) is 0 Å². The number of fused-ring (bicyclic) bond motifs is 1. The molecule has 1 heterocycles. The smallest absolute Gasteiger partial charge is 0.249 e. The number of oxazole rings is 1. The number of hydrogen-bond acceptors (Lipinski definition) is 2. The molecule has 0 amide bonds. The van der Waals surface area contributed by atoms with Crippen molar-refractivity contribution in [3.05, 3.63) is 29.7 Å². The number of benzene rings is 1. The van der Waals surface area contributed by atoms with E-state index in [4.69, 9.17) is 16.0 Å². The Hall–Kier alpha value is -1.09. The standard InChI is InChI=1S/C9H7ClFNO/c1-5-2-3-7-6(4-5)12-9(13-7)8(10)11/h2-4,8H,1H3. The molecule has 1 aromatic carbocycles. The van der Waals surface area contributed by atoms with Gasteiger partial charge in [-0.2, -0.15) is 0 Å². The lowest BCUT2D eigenvalue weighted by molar-refractivity contribution is 0.374. The highest BCUT2D eigenvalue weighted by molar-refractivity contribution is 6.19. The molecule has 1 aromatic heterocycles. The second-order valence-electron chi connectivity index (χ2n) is 2.82. The quantitative estimate of drug-likeness (QED) is 0.659. The van der Waals surface area contributed by atoms with E-state index in [0.29, 0.717) is 11.1 Å². The zero-order chi connectivity index (χ0) is 9.42. The predicted octanol–water partition coefficient (Wildman–Crippen LogP) is 3.34. The first kappa shape index (κ1) is 8.51. The van der Waals surface area contributed by atoms with E-state index in [0.717, 1.165) is 5.56 Å². The third-order valence-electron chi connectivity index (χ3n) is 1.75. The van der Waals surface area contributed by atoms with E-state index in [2.05, 4.69) is 4.98 Å². The number of alkyl halides is 2. The molecule has 1 unspecified atom stereocenters. The number of aryl methyl sites for hydroxylation is 1.